The summed E-state index contributed by atoms with van der Waals surface area (Å²) in [7, 11) is 0. The number of hydrogen-bond acceptors (Lipinski definition) is 5. The van der Waals surface area contributed by atoms with E-state index in [0.29, 0.717) is 25.9 Å². The first-order valence-electron chi connectivity index (χ1n) is 8.26. The van der Waals surface area contributed by atoms with Gasteiger partial charge >= 0.3 is 5.97 Å². The molecule has 1 saturated heterocycles. The number of carbonyl (C=O) groups excluding carboxylic acids is 3. The van der Waals surface area contributed by atoms with E-state index in [9.17, 15) is 19.2 Å². The van der Waals surface area contributed by atoms with Crippen LogP contribution in [0.5, 0.6) is 0 Å². The molecule has 0 aliphatic carbocycles. The van der Waals surface area contributed by atoms with Crippen molar-refractivity contribution in [3.8, 4) is 0 Å². The molecule has 2 atom stereocenters. The van der Waals surface area contributed by atoms with Gasteiger partial charge in [-0.25, -0.2) is 0 Å². The molecule has 0 unspecified atom stereocenters. The summed E-state index contributed by atoms with van der Waals surface area (Å²) in [5.41, 5.74) is -1.01. The number of Topliss-reactive ketones (excluding diaryl/α,β-unsaturated/α-hetero) is 1. The van der Waals surface area contributed by atoms with E-state index in [1.54, 1.807) is 11.8 Å². The Hall–Kier alpha value is -1.96. The third-order valence-corrected chi connectivity index (χ3v) is 4.40. The van der Waals surface area contributed by atoms with Crippen LogP contribution in [0, 0.1) is 0 Å². The second-order valence-electron chi connectivity index (χ2n) is 6.27. The zero-order valence-electron chi connectivity index (χ0n) is 14.6. The minimum atomic E-state index is -1.02. The van der Waals surface area contributed by atoms with E-state index in [0.717, 1.165) is 0 Å². The van der Waals surface area contributed by atoms with Crippen molar-refractivity contribution in [3.05, 3.63) is 0 Å². The van der Waals surface area contributed by atoms with Crippen molar-refractivity contribution < 1.29 is 24.3 Å². The molecule has 136 valence electrons. The molecule has 0 aromatic heterocycles. The second-order valence-corrected chi connectivity index (χ2v) is 6.27. The molecule has 0 aromatic carbocycles. The number of ketones is 1. The van der Waals surface area contributed by atoms with Crippen molar-refractivity contribution in [3.63, 3.8) is 0 Å². The molecule has 0 radical (unpaired) electrons. The number of amides is 2. The number of likely N-dealkylation sites (tertiary alicyclic amines) is 1. The van der Waals surface area contributed by atoms with Gasteiger partial charge in [-0.05, 0) is 39.7 Å². The van der Waals surface area contributed by atoms with Crippen LogP contribution in [0.15, 0.2) is 0 Å². The lowest BCUT2D eigenvalue weighted by atomic mass is 9.96. The van der Waals surface area contributed by atoms with Gasteiger partial charge in [-0.1, -0.05) is 6.92 Å². The largest absolute Gasteiger partial charge is 0.481 e. The van der Waals surface area contributed by atoms with Crippen LogP contribution in [0.1, 0.15) is 46.5 Å². The predicted molar refractivity (Wildman–Crippen MR) is 87.4 cm³/mol. The fourth-order valence-corrected chi connectivity index (χ4v) is 2.89. The Kier molecular flexibility index (Phi) is 7.34. The van der Waals surface area contributed by atoms with Crippen molar-refractivity contribution in [1.29, 1.82) is 0 Å². The van der Waals surface area contributed by atoms with E-state index in [2.05, 4.69) is 10.6 Å². The first kappa shape index (κ1) is 20.1. The monoisotopic (exact) mass is 341 g/mol. The maximum atomic E-state index is 12.7. The van der Waals surface area contributed by atoms with Crippen molar-refractivity contribution in [2.45, 2.75) is 58.0 Å². The van der Waals surface area contributed by atoms with Gasteiger partial charge in [0, 0.05) is 13.0 Å². The highest BCUT2D eigenvalue weighted by molar-refractivity contribution is 5.95. The second kappa shape index (κ2) is 8.77. The summed E-state index contributed by atoms with van der Waals surface area (Å²) in [6.45, 7) is 6.21. The average Bonchev–Trinajstić information content (AvgIpc) is 2.91. The van der Waals surface area contributed by atoms with Gasteiger partial charge in [0.05, 0.1) is 12.6 Å². The highest BCUT2D eigenvalue weighted by Crippen LogP contribution is 2.29. The van der Waals surface area contributed by atoms with Gasteiger partial charge in [0.2, 0.25) is 11.8 Å². The van der Waals surface area contributed by atoms with E-state index < -0.39 is 23.5 Å². The van der Waals surface area contributed by atoms with Crippen molar-refractivity contribution in [2.24, 2.45) is 0 Å². The molecule has 1 fully saturated rings. The number of carbonyl (C=O) groups is 4. The lowest BCUT2D eigenvalue weighted by Crippen LogP contribution is -2.59. The molecular formula is C16H27N3O5. The molecule has 0 spiro atoms. The minimum Gasteiger partial charge on any atom is -0.481 e. The summed E-state index contributed by atoms with van der Waals surface area (Å²) in [4.78, 5) is 48.9. The van der Waals surface area contributed by atoms with Gasteiger partial charge in [-0.3, -0.25) is 19.2 Å². The topological polar surface area (TPSA) is 116 Å². The van der Waals surface area contributed by atoms with E-state index in [1.165, 1.54) is 6.92 Å². The maximum Gasteiger partial charge on any atom is 0.303 e. The first-order valence-corrected chi connectivity index (χ1v) is 8.26. The molecule has 0 saturated carbocycles. The van der Waals surface area contributed by atoms with Crippen LogP contribution in [0.3, 0.4) is 0 Å². The normalized spacial score (nSPS) is 21.4. The number of carboxylic acid groups (broad SMARTS) is 1. The molecule has 1 heterocycles. The molecule has 8 heteroatoms. The number of hydrogen-bond donors (Lipinski definition) is 3. The number of nitrogens with zero attached hydrogens (tertiary/aromatic N) is 1. The Morgan fingerprint density at radius 1 is 1.29 bits per heavy atom. The van der Waals surface area contributed by atoms with Gasteiger partial charge < -0.3 is 20.6 Å². The molecule has 8 nitrogen and oxygen atoms in total. The molecule has 1 rings (SSSR count). The number of rotatable bonds is 9. The van der Waals surface area contributed by atoms with E-state index >= 15 is 0 Å². The summed E-state index contributed by atoms with van der Waals surface area (Å²) in [6.07, 6.45) is 1.06. The van der Waals surface area contributed by atoms with Gasteiger partial charge in [0.15, 0.2) is 5.78 Å². The number of aliphatic carboxylic acids is 1. The molecule has 24 heavy (non-hydrogen) atoms. The molecule has 2 amide bonds. The number of nitrogens with one attached hydrogen (secondary N) is 2. The van der Waals surface area contributed by atoms with Gasteiger partial charge in [-0.15, -0.1) is 0 Å². The quantitative estimate of drug-likeness (QED) is 0.540. The fourth-order valence-electron chi connectivity index (χ4n) is 2.89. The summed E-state index contributed by atoms with van der Waals surface area (Å²) in [5, 5.41) is 14.3. The molecule has 1 aliphatic heterocycles. The summed E-state index contributed by atoms with van der Waals surface area (Å²) < 4.78 is 0. The summed E-state index contributed by atoms with van der Waals surface area (Å²) in [5.74, 6) is -1.88. The van der Waals surface area contributed by atoms with Crippen LogP contribution < -0.4 is 10.6 Å². The minimum absolute atomic E-state index is 0.0395. The lowest BCUT2D eigenvalue weighted by Gasteiger charge is -2.35. The van der Waals surface area contributed by atoms with Crippen LogP contribution in [-0.4, -0.2) is 64.8 Å². The zero-order valence-corrected chi connectivity index (χ0v) is 14.6. The van der Waals surface area contributed by atoms with Crippen molar-refractivity contribution in [2.75, 3.05) is 19.6 Å². The highest BCUT2D eigenvalue weighted by atomic mass is 16.4. The van der Waals surface area contributed by atoms with Crippen LogP contribution in [0.4, 0.5) is 0 Å². The standard InChI is InChI=1S/C16H27N3O5/c1-4-17-10-13(21)19-9-5-8-16(19,3)15(24)18-12(11(2)20)6-7-14(22)23/h12,17H,4-10H2,1-3H3,(H,18,24)(H,22,23)/t12-,16-/m0/s1. The first-order chi connectivity index (χ1) is 11.2. The number of carboxylic acids is 1. The molecule has 3 N–H and O–H groups in total. The van der Waals surface area contributed by atoms with Crippen LogP contribution >= 0.6 is 0 Å². The zero-order chi connectivity index (χ0) is 18.3. The molecule has 0 aromatic rings. The Labute approximate surface area is 142 Å². The van der Waals surface area contributed by atoms with Crippen LogP contribution in [0.25, 0.3) is 0 Å². The molecule has 1 aliphatic rings. The number of likely N-dealkylation sites (N-methyl/N-ethyl adjacent to an activating group) is 1. The fraction of sp³-hybridized carbons (Fsp3) is 0.750. The lowest BCUT2D eigenvalue weighted by molar-refractivity contribution is -0.144. The Morgan fingerprint density at radius 2 is 1.96 bits per heavy atom. The van der Waals surface area contributed by atoms with E-state index in [-0.39, 0.29) is 31.1 Å². The smallest absolute Gasteiger partial charge is 0.303 e. The Bertz CT molecular complexity index is 508. The molecule has 0 bridgehead atoms. The Morgan fingerprint density at radius 3 is 2.50 bits per heavy atom. The molecular weight excluding hydrogens is 314 g/mol. The maximum absolute atomic E-state index is 12.7. The van der Waals surface area contributed by atoms with Crippen LogP contribution in [-0.2, 0) is 19.2 Å². The van der Waals surface area contributed by atoms with Gasteiger partial charge in [0.25, 0.3) is 0 Å². The van der Waals surface area contributed by atoms with Crippen LogP contribution in [0.2, 0.25) is 0 Å². The average molecular weight is 341 g/mol. The third kappa shape index (κ3) is 5.02. The Balaban J connectivity index is 2.79. The predicted octanol–water partition coefficient (Wildman–Crippen LogP) is -0.0844. The third-order valence-electron chi connectivity index (χ3n) is 4.40. The summed E-state index contributed by atoms with van der Waals surface area (Å²) >= 11 is 0. The van der Waals surface area contributed by atoms with Crippen molar-refractivity contribution >= 4 is 23.6 Å². The van der Waals surface area contributed by atoms with E-state index in [1.807, 2.05) is 6.92 Å². The summed E-state index contributed by atoms with van der Waals surface area (Å²) in [6, 6.07) is -0.850. The van der Waals surface area contributed by atoms with E-state index in [4.69, 9.17) is 5.11 Å². The SMILES string of the molecule is CCNCC(=O)N1CCC[C@@]1(C)C(=O)N[C@@H](CCC(=O)O)C(C)=O. The highest BCUT2D eigenvalue weighted by Gasteiger charge is 2.46. The van der Waals surface area contributed by atoms with Gasteiger partial charge in [0.1, 0.15) is 5.54 Å². The van der Waals surface area contributed by atoms with Crippen molar-refractivity contribution in [1.82, 2.24) is 15.5 Å². The van der Waals surface area contributed by atoms with Gasteiger partial charge in [-0.2, -0.15) is 0 Å².